The zero-order valence-corrected chi connectivity index (χ0v) is 15.0. The van der Waals surface area contributed by atoms with Crippen molar-refractivity contribution in [3.63, 3.8) is 0 Å². The van der Waals surface area contributed by atoms with E-state index < -0.39 is 0 Å². The highest BCUT2D eigenvalue weighted by Gasteiger charge is 2.17. The van der Waals surface area contributed by atoms with E-state index in [0.717, 1.165) is 44.5 Å². The number of nitrogens with one attached hydrogen (secondary N) is 1. The normalized spacial score (nSPS) is 17.9. The zero-order chi connectivity index (χ0) is 18.5. The molecule has 1 aliphatic rings. The Morgan fingerprint density at radius 3 is 2.92 bits per heavy atom. The number of piperidine rings is 1. The minimum atomic E-state index is -0.284. The lowest BCUT2D eigenvalue weighted by molar-refractivity contribution is 0.0714. The lowest BCUT2D eigenvalue weighted by atomic mass is 10.0. The third kappa shape index (κ3) is 4.90. The van der Waals surface area contributed by atoms with Gasteiger partial charge in [0.1, 0.15) is 5.82 Å². The van der Waals surface area contributed by atoms with Crippen LogP contribution in [-0.2, 0) is 6.42 Å². The fraction of sp³-hybridized carbons (Fsp3) is 0.381. The number of aliphatic hydroxyl groups is 1. The molecule has 1 saturated heterocycles. The monoisotopic (exact) mass is 356 g/mol. The van der Waals surface area contributed by atoms with Crippen LogP contribution in [0.5, 0.6) is 0 Å². The number of hydrogen-bond acceptors (Lipinski definition) is 3. The van der Waals surface area contributed by atoms with Crippen LogP contribution in [0.15, 0.2) is 42.5 Å². The number of hydrogen-bond donors (Lipinski definition) is 2. The number of amides is 1. The van der Waals surface area contributed by atoms with E-state index in [4.69, 9.17) is 0 Å². The van der Waals surface area contributed by atoms with E-state index in [0.29, 0.717) is 16.8 Å². The molecular weight excluding hydrogens is 331 g/mol. The molecule has 0 aliphatic carbocycles. The number of carbonyl (C=O) groups is 1. The maximum Gasteiger partial charge on any atom is 0.255 e. The van der Waals surface area contributed by atoms with Crippen LogP contribution in [0, 0.1) is 12.7 Å². The Hall–Kier alpha value is -2.24. The van der Waals surface area contributed by atoms with Crippen molar-refractivity contribution >= 4 is 11.6 Å². The summed E-state index contributed by atoms with van der Waals surface area (Å²) in [5.74, 6) is -0.487. The zero-order valence-electron chi connectivity index (χ0n) is 15.0. The molecule has 1 atom stereocenters. The van der Waals surface area contributed by atoms with Crippen molar-refractivity contribution in [3.8, 4) is 0 Å². The molecule has 0 bridgehead atoms. The molecule has 1 unspecified atom stereocenters. The summed E-state index contributed by atoms with van der Waals surface area (Å²) in [4.78, 5) is 14.7. The van der Waals surface area contributed by atoms with Gasteiger partial charge in [0.15, 0.2) is 0 Å². The molecule has 5 heteroatoms. The molecule has 26 heavy (non-hydrogen) atoms. The smallest absolute Gasteiger partial charge is 0.255 e. The molecule has 1 heterocycles. The second-order valence-corrected chi connectivity index (χ2v) is 6.97. The molecular formula is C21H25FN2O2. The van der Waals surface area contributed by atoms with Gasteiger partial charge >= 0.3 is 0 Å². The van der Waals surface area contributed by atoms with Crippen molar-refractivity contribution in [3.05, 3.63) is 65.0 Å². The first-order valence-corrected chi connectivity index (χ1v) is 9.08. The van der Waals surface area contributed by atoms with Crippen LogP contribution < -0.4 is 5.32 Å². The molecule has 0 aromatic heterocycles. The van der Waals surface area contributed by atoms with Crippen LogP contribution >= 0.6 is 0 Å². The van der Waals surface area contributed by atoms with Gasteiger partial charge < -0.3 is 15.3 Å². The van der Waals surface area contributed by atoms with Gasteiger partial charge in [-0.3, -0.25) is 4.79 Å². The van der Waals surface area contributed by atoms with Gasteiger partial charge in [0.05, 0.1) is 6.10 Å². The standard InChI is InChI=1S/C21H25FN2O2/c1-15-12-18(7-8-20(15)22)23-21(26)17-5-2-4-16(13-17)9-11-24-10-3-6-19(25)14-24/h2,4-5,7-8,12-13,19,25H,3,6,9-11,14H2,1H3,(H,23,26). The predicted molar refractivity (Wildman–Crippen MR) is 101 cm³/mol. The third-order valence-corrected chi connectivity index (χ3v) is 4.80. The van der Waals surface area contributed by atoms with E-state index in [2.05, 4.69) is 10.2 Å². The number of aliphatic hydroxyl groups excluding tert-OH is 1. The Morgan fingerprint density at radius 2 is 2.15 bits per heavy atom. The van der Waals surface area contributed by atoms with Gasteiger partial charge in [-0.25, -0.2) is 4.39 Å². The number of halogens is 1. The van der Waals surface area contributed by atoms with Gasteiger partial charge in [0, 0.05) is 24.3 Å². The van der Waals surface area contributed by atoms with E-state index >= 15 is 0 Å². The fourth-order valence-electron chi connectivity index (χ4n) is 3.32. The molecule has 2 N–H and O–H groups in total. The molecule has 0 spiro atoms. The van der Waals surface area contributed by atoms with Gasteiger partial charge in [-0.05, 0) is 74.2 Å². The second kappa shape index (κ2) is 8.43. The third-order valence-electron chi connectivity index (χ3n) is 4.80. The lowest BCUT2D eigenvalue weighted by Crippen LogP contribution is -2.39. The van der Waals surface area contributed by atoms with Crippen LogP contribution in [0.2, 0.25) is 0 Å². The number of anilines is 1. The second-order valence-electron chi connectivity index (χ2n) is 6.97. The molecule has 3 rings (SSSR count). The Labute approximate surface area is 153 Å². The highest BCUT2D eigenvalue weighted by molar-refractivity contribution is 6.04. The van der Waals surface area contributed by atoms with Gasteiger partial charge in [-0.2, -0.15) is 0 Å². The van der Waals surface area contributed by atoms with Crippen LogP contribution in [-0.4, -0.2) is 41.7 Å². The summed E-state index contributed by atoms with van der Waals surface area (Å²) >= 11 is 0. The Morgan fingerprint density at radius 1 is 1.31 bits per heavy atom. The van der Waals surface area contributed by atoms with Crippen LogP contribution in [0.4, 0.5) is 10.1 Å². The number of nitrogens with zero attached hydrogens (tertiary/aromatic N) is 1. The average Bonchev–Trinajstić information content (AvgIpc) is 2.63. The summed E-state index contributed by atoms with van der Waals surface area (Å²) in [6, 6.07) is 12.1. The molecule has 0 radical (unpaired) electrons. The number of carbonyl (C=O) groups excluding carboxylic acids is 1. The Balaban J connectivity index is 1.60. The Bertz CT molecular complexity index is 778. The molecule has 1 amide bonds. The summed E-state index contributed by atoms with van der Waals surface area (Å²) in [6.45, 7) is 4.29. The molecule has 1 aliphatic heterocycles. The van der Waals surface area contributed by atoms with Gasteiger partial charge in [0.25, 0.3) is 5.91 Å². The molecule has 1 fully saturated rings. The van der Waals surface area contributed by atoms with Gasteiger partial charge in [0.2, 0.25) is 0 Å². The van der Waals surface area contributed by atoms with E-state index in [9.17, 15) is 14.3 Å². The summed E-state index contributed by atoms with van der Waals surface area (Å²) in [7, 11) is 0. The van der Waals surface area contributed by atoms with E-state index in [-0.39, 0.29) is 17.8 Å². The molecule has 2 aromatic carbocycles. The topological polar surface area (TPSA) is 52.6 Å². The minimum absolute atomic E-state index is 0.203. The molecule has 4 nitrogen and oxygen atoms in total. The number of aryl methyl sites for hydroxylation is 1. The molecule has 2 aromatic rings. The van der Waals surface area contributed by atoms with E-state index in [1.165, 1.54) is 6.07 Å². The lowest BCUT2D eigenvalue weighted by Gasteiger charge is -2.29. The van der Waals surface area contributed by atoms with Crippen LogP contribution in [0.3, 0.4) is 0 Å². The van der Waals surface area contributed by atoms with Crippen molar-refractivity contribution in [2.75, 3.05) is 25.0 Å². The SMILES string of the molecule is Cc1cc(NC(=O)c2cccc(CCN3CCCC(O)C3)c2)ccc1F. The van der Waals surface area contributed by atoms with Gasteiger partial charge in [-0.1, -0.05) is 12.1 Å². The van der Waals surface area contributed by atoms with E-state index in [1.54, 1.807) is 25.1 Å². The van der Waals surface area contributed by atoms with Crippen molar-refractivity contribution in [2.45, 2.75) is 32.3 Å². The Kier molecular flexibility index (Phi) is 6.01. The first kappa shape index (κ1) is 18.5. The number of likely N-dealkylation sites (tertiary alicyclic amines) is 1. The highest BCUT2D eigenvalue weighted by atomic mass is 19.1. The molecule has 0 saturated carbocycles. The predicted octanol–water partition coefficient (Wildman–Crippen LogP) is 3.39. The maximum absolute atomic E-state index is 13.3. The maximum atomic E-state index is 13.3. The highest BCUT2D eigenvalue weighted by Crippen LogP contribution is 2.16. The minimum Gasteiger partial charge on any atom is -0.392 e. The average molecular weight is 356 g/mol. The van der Waals surface area contributed by atoms with Crippen LogP contribution in [0.25, 0.3) is 0 Å². The number of rotatable bonds is 5. The quantitative estimate of drug-likeness (QED) is 0.863. The summed E-state index contributed by atoms with van der Waals surface area (Å²) < 4.78 is 13.3. The number of β-amino-alcohol motifs (C(OH)–C–C–N with tert-alkyl or cyclic N) is 1. The van der Waals surface area contributed by atoms with Gasteiger partial charge in [-0.15, -0.1) is 0 Å². The van der Waals surface area contributed by atoms with E-state index in [1.807, 2.05) is 18.2 Å². The summed E-state index contributed by atoms with van der Waals surface area (Å²) in [6.07, 6.45) is 2.53. The number of benzene rings is 2. The van der Waals surface area contributed by atoms with Crippen molar-refractivity contribution in [2.24, 2.45) is 0 Å². The van der Waals surface area contributed by atoms with Crippen molar-refractivity contribution < 1.29 is 14.3 Å². The van der Waals surface area contributed by atoms with Crippen molar-refractivity contribution in [1.82, 2.24) is 4.90 Å². The summed E-state index contributed by atoms with van der Waals surface area (Å²) in [5, 5.41) is 12.6. The molecule has 138 valence electrons. The fourth-order valence-corrected chi connectivity index (χ4v) is 3.32. The first-order chi connectivity index (χ1) is 12.5. The van der Waals surface area contributed by atoms with Crippen LogP contribution in [0.1, 0.15) is 34.3 Å². The van der Waals surface area contributed by atoms with Crippen molar-refractivity contribution in [1.29, 1.82) is 0 Å². The first-order valence-electron chi connectivity index (χ1n) is 9.08. The summed E-state index contributed by atoms with van der Waals surface area (Å²) in [5.41, 5.74) is 2.76. The largest absolute Gasteiger partial charge is 0.392 e.